The van der Waals surface area contributed by atoms with Gasteiger partial charge in [0.15, 0.2) is 0 Å². The Bertz CT molecular complexity index is 840. The summed E-state index contributed by atoms with van der Waals surface area (Å²) in [6, 6.07) is 11.1. The Morgan fingerprint density at radius 2 is 1.88 bits per heavy atom. The van der Waals surface area contributed by atoms with E-state index in [1.54, 1.807) is 12.4 Å². The molecule has 1 saturated carbocycles. The van der Waals surface area contributed by atoms with Gasteiger partial charge in [-0.05, 0) is 31.0 Å². The maximum atomic E-state index is 11.1. The molecule has 0 saturated heterocycles. The van der Waals surface area contributed by atoms with E-state index >= 15 is 0 Å². The molecule has 3 aromatic rings. The van der Waals surface area contributed by atoms with Crippen molar-refractivity contribution < 1.29 is 9.63 Å². The average Bonchev–Trinajstić information content (AvgIpc) is 3.32. The molecular formula is C20H19ClN2O2. The largest absolute Gasteiger partial charge is 0.383 e. The lowest BCUT2D eigenvalue weighted by molar-refractivity contribution is 0.215. The van der Waals surface area contributed by atoms with Crippen LogP contribution in [-0.4, -0.2) is 15.2 Å². The molecule has 1 unspecified atom stereocenters. The first kappa shape index (κ1) is 16.3. The van der Waals surface area contributed by atoms with E-state index in [1.165, 1.54) is 12.8 Å². The molecule has 0 bridgehead atoms. The normalized spacial score (nSPS) is 16.2. The Morgan fingerprint density at radius 3 is 2.56 bits per heavy atom. The smallest absolute Gasteiger partial charge is 0.146 e. The number of benzene rings is 1. The monoisotopic (exact) mass is 354 g/mol. The molecule has 0 spiro atoms. The zero-order valence-electron chi connectivity index (χ0n) is 13.7. The first-order valence-corrected chi connectivity index (χ1v) is 8.95. The lowest BCUT2D eigenvalue weighted by atomic mass is 9.92. The molecular weight excluding hydrogens is 336 g/mol. The summed E-state index contributed by atoms with van der Waals surface area (Å²) in [5, 5.41) is 16.0. The van der Waals surface area contributed by atoms with Gasteiger partial charge >= 0.3 is 0 Å². The van der Waals surface area contributed by atoms with E-state index in [0.717, 1.165) is 35.3 Å². The molecule has 1 atom stereocenters. The summed E-state index contributed by atoms with van der Waals surface area (Å²) in [5.41, 5.74) is 3.05. The highest BCUT2D eigenvalue weighted by Gasteiger charge is 2.31. The van der Waals surface area contributed by atoms with Crippen molar-refractivity contribution in [1.82, 2.24) is 10.1 Å². The second kappa shape index (κ2) is 6.98. The predicted octanol–water partition coefficient (Wildman–Crippen LogP) is 5.13. The molecule has 1 aliphatic rings. The minimum atomic E-state index is -0.818. The molecule has 128 valence electrons. The van der Waals surface area contributed by atoms with Crippen molar-refractivity contribution >= 4 is 11.6 Å². The number of nitrogens with zero attached hydrogens (tertiary/aromatic N) is 2. The third-order valence-electron chi connectivity index (χ3n) is 4.87. The SMILES string of the molecule is OC(c1cccnc1)c1c(-c2ccc(Cl)cc2)noc1C1CCCC1. The number of aromatic nitrogens is 2. The molecule has 1 aliphatic carbocycles. The van der Waals surface area contributed by atoms with Crippen molar-refractivity contribution in [3.05, 3.63) is 70.7 Å². The Kier molecular flexibility index (Phi) is 4.55. The summed E-state index contributed by atoms with van der Waals surface area (Å²) in [6.07, 6.45) is 7.07. The fourth-order valence-electron chi connectivity index (χ4n) is 3.58. The van der Waals surface area contributed by atoms with Gasteiger partial charge in [-0.3, -0.25) is 4.98 Å². The second-order valence-corrected chi connectivity index (χ2v) is 6.92. The van der Waals surface area contributed by atoms with Crippen molar-refractivity contribution in [3.63, 3.8) is 0 Å². The van der Waals surface area contributed by atoms with Crippen molar-refractivity contribution in [2.45, 2.75) is 37.7 Å². The molecule has 1 N–H and O–H groups in total. The van der Waals surface area contributed by atoms with Crippen molar-refractivity contribution in [1.29, 1.82) is 0 Å². The summed E-state index contributed by atoms with van der Waals surface area (Å²) in [4.78, 5) is 4.13. The summed E-state index contributed by atoms with van der Waals surface area (Å²) in [5.74, 6) is 1.12. The Hall–Kier alpha value is -2.17. The van der Waals surface area contributed by atoms with Gasteiger partial charge < -0.3 is 9.63 Å². The minimum Gasteiger partial charge on any atom is -0.383 e. The number of pyridine rings is 1. The highest BCUT2D eigenvalue weighted by atomic mass is 35.5. The molecule has 25 heavy (non-hydrogen) atoms. The van der Waals surface area contributed by atoms with Crippen molar-refractivity contribution in [3.8, 4) is 11.3 Å². The van der Waals surface area contributed by atoms with Crippen LogP contribution in [0.25, 0.3) is 11.3 Å². The van der Waals surface area contributed by atoms with Gasteiger partial charge in [0, 0.05) is 34.5 Å². The van der Waals surface area contributed by atoms with Gasteiger partial charge in [-0.2, -0.15) is 0 Å². The number of aliphatic hydroxyl groups is 1. The van der Waals surface area contributed by atoms with E-state index < -0.39 is 6.10 Å². The van der Waals surface area contributed by atoms with E-state index in [4.69, 9.17) is 16.1 Å². The summed E-state index contributed by atoms with van der Waals surface area (Å²) < 4.78 is 5.74. The molecule has 1 fully saturated rings. The summed E-state index contributed by atoms with van der Waals surface area (Å²) in [7, 11) is 0. The summed E-state index contributed by atoms with van der Waals surface area (Å²) >= 11 is 6.00. The van der Waals surface area contributed by atoms with E-state index in [2.05, 4.69) is 10.1 Å². The quantitative estimate of drug-likeness (QED) is 0.705. The van der Waals surface area contributed by atoms with E-state index in [0.29, 0.717) is 16.6 Å². The standard InChI is InChI=1S/C20H19ClN2O2/c21-16-9-7-13(8-10-16)18-17(19(24)15-6-3-11-22-12-15)20(25-23-18)14-4-1-2-5-14/h3,6-12,14,19,24H,1-2,4-5H2. The van der Waals surface area contributed by atoms with Crippen LogP contribution in [-0.2, 0) is 0 Å². The maximum absolute atomic E-state index is 11.1. The second-order valence-electron chi connectivity index (χ2n) is 6.49. The zero-order valence-corrected chi connectivity index (χ0v) is 14.5. The molecule has 0 amide bonds. The predicted molar refractivity (Wildman–Crippen MR) is 96.5 cm³/mol. The molecule has 1 aromatic carbocycles. The van der Waals surface area contributed by atoms with Crippen LogP contribution in [0.2, 0.25) is 5.02 Å². The molecule has 2 heterocycles. The van der Waals surface area contributed by atoms with Gasteiger partial charge in [-0.25, -0.2) is 0 Å². The topological polar surface area (TPSA) is 59.2 Å². The molecule has 0 aliphatic heterocycles. The van der Waals surface area contributed by atoms with Crippen LogP contribution < -0.4 is 0 Å². The maximum Gasteiger partial charge on any atom is 0.146 e. The van der Waals surface area contributed by atoms with Crippen LogP contribution >= 0.6 is 11.6 Å². The highest BCUT2D eigenvalue weighted by Crippen LogP contribution is 2.42. The lowest BCUT2D eigenvalue weighted by Gasteiger charge is -2.15. The Morgan fingerprint density at radius 1 is 1.12 bits per heavy atom. The van der Waals surface area contributed by atoms with Crippen LogP contribution in [0.3, 0.4) is 0 Å². The number of hydrogen-bond acceptors (Lipinski definition) is 4. The number of halogens is 1. The van der Waals surface area contributed by atoms with E-state index in [9.17, 15) is 5.11 Å². The molecule has 4 rings (SSSR count). The highest BCUT2D eigenvalue weighted by molar-refractivity contribution is 6.30. The van der Waals surface area contributed by atoms with Crippen LogP contribution in [0.1, 0.15) is 54.6 Å². The Balaban J connectivity index is 1.83. The fraction of sp³-hybridized carbons (Fsp3) is 0.300. The van der Waals surface area contributed by atoms with Gasteiger partial charge in [-0.1, -0.05) is 47.8 Å². The first-order chi connectivity index (χ1) is 12.2. The van der Waals surface area contributed by atoms with Gasteiger partial charge in [0.1, 0.15) is 17.6 Å². The van der Waals surface area contributed by atoms with Gasteiger partial charge in [0.2, 0.25) is 0 Å². The van der Waals surface area contributed by atoms with Gasteiger partial charge in [0.05, 0.1) is 5.56 Å². The van der Waals surface area contributed by atoms with Gasteiger partial charge in [0.25, 0.3) is 0 Å². The zero-order chi connectivity index (χ0) is 17.2. The van der Waals surface area contributed by atoms with Crippen LogP contribution in [0.15, 0.2) is 53.3 Å². The van der Waals surface area contributed by atoms with Crippen molar-refractivity contribution in [2.24, 2.45) is 0 Å². The number of aliphatic hydroxyl groups excluding tert-OH is 1. The number of rotatable bonds is 4. The lowest BCUT2D eigenvalue weighted by Crippen LogP contribution is -2.06. The minimum absolute atomic E-state index is 0.315. The molecule has 0 radical (unpaired) electrons. The van der Waals surface area contributed by atoms with Crippen molar-refractivity contribution in [2.75, 3.05) is 0 Å². The first-order valence-electron chi connectivity index (χ1n) is 8.57. The summed E-state index contributed by atoms with van der Waals surface area (Å²) in [6.45, 7) is 0. The van der Waals surface area contributed by atoms with Crippen LogP contribution in [0, 0.1) is 0 Å². The van der Waals surface area contributed by atoms with E-state index in [-0.39, 0.29) is 0 Å². The number of hydrogen-bond donors (Lipinski definition) is 1. The third-order valence-corrected chi connectivity index (χ3v) is 5.13. The molecule has 4 nitrogen and oxygen atoms in total. The average molecular weight is 355 g/mol. The van der Waals surface area contributed by atoms with E-state index in [1.807, 2.05) is 36.4 Å². The third kappa shape index (κ3) is 3.20. The molecule has 2 aromatic heterocycles. The Labute approximate surface area is 151 Å². The van der Waals surface area contributed by atoms with Crippen LogP contribution in [0.5, 0.6) is 0 Å². The fourth-order valence-corrected chi connectivity index (χ4v) is 3.70. The molecule has 5 heteroatoms. The van der Waals surface area contributed by atoms with Crippen LogP contribution in [0.4, 0.5) is 0 Å². The van der Waals surface area contributed by atoms with Gasteiger partial charge in [-0.15, -0.1) is 0 Å².